The average Bonchev–Trinajstić information content (AvgIpc) is 2.86. The molecule has 0 atom stereocenters. The van der Waals surface area contributed by atoms with Gasteiger partial charge in [-0.15, -0.1) is 11.3 Å². The van der Waals surface area contributed by atoms with Crippen LogP contribution in [-0.4, -0.2) is 25.5 Å². The first kappa shape index (κ1) is 15.8. The normalized spacial score (nSPS) is 10.1. The van der Waals surface area contributed by atoms with E-state index in [-0.39, 0.29) is 12.5 Å². The van der Waals surface area contributed by atoms with Gasteiger partial charge in [-0.25, -0.2) is 0 Å². The van der Waals surface area contributed by atoms with E-state index in [2.05, 4.69) is 5.32 Å². The number of amides is 2. The van der Waals surface area contributed by atoms with Crippen molar-refractivity contribution in [3.05, 3.63) is 40.8 Å². The Morgan fingerprint density at radius 1 is 1.27 bits per heavy atom. The third-order valence-electron chi connectivity index (χ3n) is 2.80. The molecule has 0 unspecified atom stereocenters. The molecule has 1 aromatic carbocycles. The van der Waals surface area contributed by atoms with Gasteiger partial charge >= 0.3 is 0 Å². The summed E-state index contributed by atoms with van der Waals surface area (Å²) in [7, 11) is 1.52. The van der Waals surface area contributed by atoms with E-state index < -0.39 is 5.91 Å². The number of rotatable bonds is 6. The molecule has 3 N–H and O–H groups in total. The second-order valence-corrected chi connectivity index (χ2v) is 5.71. The molecule has 0 radical (unpaired) electrons. The van der Waals surface area contributed by atoms with Crippen molar-refractivity contribution in [2.75, 3.05) is 19.0 Å². The van der Waals surface area contributed by atoms with Crippen molar-refractivity contribution in [3.63, 3.8) is 0 Å². The minimum atomic E-state index is -0.578. The molecule has 0 saturated heterocycles. The standard InChI is InChI=1S/C15H16N2O4S/c1-9-7-10(14(16)19)15(22-9)17-13(18)8-21-12-6-4-3-5-11(12)20-2/h3-7H,8H2,1-2H3,(H2,16,19)(H,17,18). The number of hydrogen-bond donors (Lipinski definition) is 2. The Morgan fingerprint density at radius 2 is 1.95 bits per heavy atom. The van der Waals surface area contributed by atoms with Crippen molar-refractivity contribution >= 4 is 28.2 Å². The predicted molar refractivity (Wildman–Crippen MR) is 84.7 cm³/mol. The summed E-state index contributed by atoms with van der Waals surface area (Å²) in [5, 5.41) is 3.06. The molecule has 1 aromatic heterocycles. The lowest BCUT2D eigenvalue weighted by atomic mass is 10.3. The van der Waals surface area contributed by atoms with E-state index in [9.17, 15) is 9.59 Å². The molecule has 0 bridgehead atoms. The van der Waals surface area contributed by atoms with Crippen LogP contribution in [-0.2, 0) is 4.79 Å². The van der Waals surface area contributed by atoms with Crippen LogP contribution in [0, 0.1) is 6.92 Å². The number of carbonyl (C=O) groups is 2. The number of hydrogen-bond acceptors (Lipinski definition) is 5. The van der Waals surface area contributed by atoms with Gasteiger partial charge in [0.05, 0.1) is 12.7 Å². The second kappa shape index (κ2) is 6.95. The predicted octanol–water partition coefficient (Wildman–Crippen LogP) is 2.18. The molecule has 7 heteroatoms. The van der Waals surface area contributed by atoms with Crippen molar-refractivity contribution in [2.45, 2.75) is 6.92 Å². The van der Waals surface area contributed by atoms with Crippen molar-refractivity contribution in [2.24, 2.45) is 5.73 Å². The van der Waals surface area contributed by atoms with Gasteiger partial charge in [0.25, 0.3) is 11.8 Å². The average molecular weight is 320 g/mol. The van der Waals surface area contributed by atoms with Crippen molar-refractivity contribution in [3.8, 4) is 11.5 Å². The molecule has 2 aromatic rings. The van der Waals surface area contributed by atoms with Crippen molar-refractivity contribution in [1.29, 1.82) is 0 Å². The molecule has 6 nitrogen and oxygen atoms in total. The number of para-hydroxylation sites is 2. The molecule has 0 aliphatic carbocycles. The molecule has 116 valence electrons. The topological polar surface area (TPSA) is 90.7 Å². The summed E-state index contributed by atoms with van der Waals surface area (Å²) in [6.45, 7) is 1.63. The van der Waals surface area contributed by atoms with Crippen LogP contribution in [0.2, 0.25) is 0 Å². The smallest absolute Gasteiger partial charge is 0.262 e. The Hall–Kier alpha value is -2.54. The summed E-state index contributed by atoms with van der Waals surface area (Å²) in [5.41, 5.74) is 5.57. The Bertz CT molecular complexity index is 697. The van der Waals surface area contributed by atoms with Crippen LogP contribution in [0.3, 0.4) is 0 Å². The lowest BCUT2D eigenvalue weighted by Crippen LogP contribution is -2.21. The van der Waals surface area contributed by atoms with Gasteiger partial charge in [0, 0.05) is 4.88 Å². The van der Waals surface area contributed by atoms with Gasteiger partial charge in [0.2, 0.25) is 0 Å². The number of anilines is 1. The molecule has 0 aliphatic heterocycles. The highest BCUT2D eigenvalue weighted by Gasteiger charge is 2.15. The fourth-order valence-electron chi connectivity index (χ4n) is 1.83. The zero-order valence-corrected chi connectivity index (χ0v) is 13.0. The molecule has 1 heterocycles. The van der Waals surface area contributed by atoms with E-state index in [0.29, 0.717) is 22.1 Å². The number of ether oxygens (including phenoxy) is 2. The lowest BCUT2D eigenvalue weighted by Gasteiger charge is -2.10. The molecule has 0 aliphatic rings. The van der Waals surface area contributed by atoms with Crippen LogP contribution in [0.25, 0.3) is 0 Å². The van der Waals surface area contributed by atoms with Gasteiger partial charge in [0.15, 0.2) is 18.1 Å². The van der Waals surface area contributed by atoms with Crippen molar-refractivity contribution in [1.82, 2.24) is 0 Å². The first-order chi connectivity index (χ1) is 10.5. The van der Waals surface area contributed by atoms with Crippen molar-refractivity contribution < 1.29 is 19.1 Å². The van der Waals surface area contributed by atoms with Gasteiger partial charge in [0.1, 0.15) is 5.00 Å². The van der Waals surface area contributed by atoms with Crippen LogP contribution in [0.1, 0.15) is 15.2 Å². The van der Waals surface area contributed by atoms with Crippen LogP contribution in [0.4, 0.5) is 5.00 Å². The third kappa shape index (κ3) is 3.76. The van der Waals surface area contributed by atoms with Crippen LogP contribution in [0.5, 0.6) is 11.5 Å². The van der Waals surface area contributed by atoms with Gasteiger partial charge in [-0.05, 0) is 25.1 Å². The summed E-state index contributed by atoms with van der Waals surface area (Å²) >= 11 is 1.29. The highest BCUT2D eigenvalue weighted by Crippen LogP contribution is 2.28. The van der Waals surface area contributed by atoms with E-state index in [1.807, 2.05) is 6.92 Å². The largest absolute Gasteiger partial charge is 0.493 e. The highest BCUT2D eigenvalue weighted by atomic mass is 32.1. The molecule has 2 rings (SSSR count). The maximum absolute atomic E-state index is 11.9. The van der Waals surface area contributed by atoms with Gasteiger partial charge in [-0.1, -0.05) is 12.1 Å². The van der Waals surface area contributed by atoms with Crippen LogP contribution >= 0.6 is 11.3 Å². The van der Waals surface area contributed by atoms with E-state index in [0.717, 1.165) is 4.88 Å². The number of benzene rings is 1. The molecule has 22 heavy (non-hydrogen) atoms. The molecule has 2 amide bonds. The summed E-state index contributed by atoms with van der Waals surface area (Å²) in [4.78, 5) is 24.1. The Labute approximate surface area is 131 Å². The van der Waals surface area contributed by atoms with Gasteiger partial charge < -0.3 is 20.5 Å². The lowest BCUT2D eigenvalue weighted by molar-refractivity contribution is -0.118. The maximum Gasteiger partial charge on any atom is 0.262 e. The number of primary amides is 1. The SMILES string of the molecule is COc1ccccc1OCC(=O)Nc1sc(C)cc1C(N)=O. The van der Waals surface area contributed by atoms with Crippen LogP contribution < -0.4 is 20.5 Å². The van der Waals surface area contributed by atoms with Gasteiger partial charge in [-0.3, -0.25) is 9.59 Å². The minimum absolute atomic E-state index is 0.199. The molecule has 0 spiro atoms. The number of aryl methyl sites for hydroxylation is 1. The Kier molecular flexibility index (Phi) is 5.00. The number of thiophene rings is 1. The fourth-order valence-corrected chi connectivity index (χ4v) is 2.77. The van der Waals surface area contributed by atoms with Crippen LogP contribution in [0.15, 0.2) is 30.3 Å². The number of nitrogens with one attached hydrogen (secondary N) is 1. The third-order valence-corrected chi connectivity index (χ3v) is 3.77. The summed E-state index contributed by atoms with van der Waals surface area (Å²) in [6, 6.07) is 8.67. The molecule has 0 saturated carbocycles. The zero-order chi connectivity index (χ0) is 16.1. The highest BCUT2D eigenvalue weighted by molar-refractivity contribution is 7.16. The Morgan fingerprint density at radius 3 is 2.59 bits per heavy atom. The van der Waals surface area contributed by atoms with E-state index in [4.69, 9.17) is 15.2 Å². The Balaban J connectivity index is 2.00. The summed E-state index contributed by atoms with van der Waals surface area (Å²) in [6.07, 6.45) is 0. The first-order valence-corrected chi connectivity index (χ1v) is 7.29. The van der Waals surface area contributed by atoms with Gasteiger partial charge in [-0.2, -0.15) is 0 Å². The van der Waals surface area contributed by atoms with E-state index in [1.165, 1.54) is 18.4 Å². The first-order valence-electron chi connectivity index (χ1n) is 6.47. The summed E-state index contributed by atoms with van der Waals surface area (Å²) in [5.74, 6) is 0.0540. The molecular weight excluding hydrogens is 304 g/mol. The second-order valence-electron chi connectivity index (χ2n) is 4.45. The monoisotopic (exact) mass is 320 g/mol. The maximum atomic E-state index is 11.9. The zero-order valence-electron chi connectivity index (χ0n) is 12.2. The quantitative estimate of drug-likeness (QED) is 0.853. The summed E-state index contributed by atoms with van der Waals surface area (Å²) < 4.78 is 10.6. The molecular formula is C15H16N2O4S. The van der Waals surface area contributed by atoms with E-state index >= 15 is 0 Å². The molecule has 0 fully saturated rings. The van der Waals surface area contributed by atoms with E-state index in [1.54, 1.807) is 30.3 Å². The number of nitrogens with two attached hydrogens (primary N) is 1. The number of methoxy groups -OCH3 is 1. The minimum Gasteiger partial charge on any atom is -0.493 e. The fraction of sp³-hybridized carbons (Fsp3) is 0.200. The number of carbonyl (C=O) groups excluding carboxylic acids is 2.